The Hall–Kier alpha value is -4.10. The van der Waals surface area contributed by atoms with E-state index in [1.807, 2.05) is 6.08 Å². The Labute approximate surface area is 341 Å². The van der Waals surface area contributed by atoms with Crippen molar-refractivity contribution in [2.45, 2.75) is 148 Å². The minimum atomic E-state index is -1.38. The number of benzene rings is 1. The molecule has 4 amide bonds. The van der Waals surface area contributed by atoms with Crippen LogP contribution >= 0.6 is 0 Å². The maximum Gasteiger partial charge on any atom is 0.438 e. The van der Waals surface area contributed by atoms with Crippen LogP contribution in [0.4, 0.5) is 9.59 Å². The number of nitrogens with zero attached hydrogens (tertiary/aromatic N) is 2. The van der Waals surface area contributed by atoms with Crippen molar-refractivity contribution in [2.75, 3.05) is 47.0 Å². The van der Waals surface area contributed by atoms with E-state index in [9.17, 15) is 19.2 Å². The average molecular weight is 799 g/mol. The SMILES string of the molecule is CCCCCCCCCCCCCCC(CCC)NC(=O)OOCC(OC)[C@@H](OC(=O)NCC1=CC=CCN1C(=O)c1ccccc1OC)C(=O)N1CCCCC1. The topological polar surface area (TPSA) is 145 Å². The van der Waals surface area contributed by atoms with Crippen LogP contribution in [0.25, 0.3) is 0 Å². The maximum atomic E-state index is 13.7. The summed E-state index contributed by atoms with van der Waals surface area (Å²) in [6, 6.07) is 6.89. The molecule has 2 unspecified atom stereocenters. The molecule has 0 saturated carbocycles. The normalized spacial score (nSPS) is 15.6. The van der Waals surface area contributed by atoms with Crippen molar-refractivity contribution in [3.8, 4) is 5.75 Å². The molecule has 0 aromatic heterocycles. The first kappa shape index (κ1) is 47.3. The molecule has 13 heteroatoms. The molecule has 3 rings (SSSR count). The van der Waals surface area contributed by atoms with Gasteiger partial charge in [-0.25, -0.2) is 9.59 Å². The monoisotopic (exact) mass is 799 g/mol. The summed E-state index contributed by atoms with van der Waals surface area (Å²) in [5.74, 6) is -0.280. The van der Waals surface area contributed by atoms with E-state index in [2.05, 4.69) is 24.5 Å². The molecule has 2 heterocycles. The van der Waals surface area contributed by atoms with Gasteiger partial charge < -0.3 is 34.6 Å². The lowest BCUT2D eigenvalue weighted by Crippen LogP contribution is -2.52. The molecular formula is C44H70N4O9. The second kappa shape index (κ2) is 28.3. The zero-order chi connectivity index (χ0) is 41.1. The zero-order valence-electron chi connectivity index (χ0n) is 35.1. The van der Waals surface area contributed by atoms with E-state index < -0.39 is 30.3 Å². The Kier molecular flexibility index (Phi) is 23.5. The minimum absolute atomic E-state index is 0.0383. The van der Waals surface area contributed by atoms with Crippen LogP contribution in [0.2, 0.25) is 0 Å². The van der Waals surface area contributed by atoms with E-state index in [4.69, 9.17) is 24.0 Å². The Morgan fingerprint density at radius 2 is 1.46 bits per heavy atom. The lowest BCUT2D eigenvalue weighted by molar-refractivity contribution is -0.260. The van der Waals surface area contributed by atoms with Gasteiger partial charge in [-0.05, 0) is 50.3 Å². The van der Waals surface area contributed by atoms with Crippen LogP contribution in [-0.4, -0.2) is 99.1 Å². The number of allylic oxidation sites excluding steroid dienone is 2. The van der Waals surface area contributed by atoms with Gasteiger partial charge in [-0.3, -0.25) is 14.5 Å². The molecule has 0 aliphatic carbocycles. The van der Waals surface area contributed by atoms with Gasteiger partial charge in [0.15, 0.2) is 0 Å². The van der Waals surface area contributed by atoms with Crippen molar-refractivity contribution in [3.63, 3.8) is 0 Å². The van der Waals surface area contributed by atoms with Crippen molar-refractivity contribution >= 4 is 24.0 Å². The smallest absolute Gasteiger partial charge is 0.438 e. The third-order valence-corrected chi connectivity index (χ3v) is 10.6. The van der Waals surface area contributed by atoms with E-state index in [-0.39, 0.29) is 25.1 Å². The van der Waals surface area contributed by atoms with Crippen molar-refractivity contribution in [2.24, 2.45) is 0 Å². The summed E-state index contributed by atoms with van der Waals surface area (Å²) in [7, 11) is 2.88. The first-order valence-corrected chi connectivity index (χ1v) is 21.5. The third-order valence-electron chi connectivity index (χ3n) is 10.6. The fourth-order valence-corrected chi connectivity index (χ4v) is 7.28. The van der Waals surface area contributed by atoms with Crippen LogP contribution in [-0.2, 0) is 24.0 Å². The first-order valence-electron chi connectivity index (χ1n) is 21.5. The van der Waals surface area contributed by atoms with Gasteiger partial charge in [0, 0.05) is 38.5 Å². The summed E-state index contributed by atoms with van der Waals surface area (Å²) in [6.07, 6.45) is 21.8. The first-order chi connectivity index (χ1) is 27.8. The third kappa shape index (κ3) is 17.5. The van der Waals surface area contributed by atoms with Crippen LogP contribution in [0.15, 0.2) is 48.2 Å². The van der Waals surface area contributed by atoms with Crippen molar-refractivity contribution in [3.05, 3.63) is 53.8 Å². The molecule has 57 heavy (non-hydrogen) atoms. The van der Waals surface area contributed by atoms with E-state index in [1.165, 1.54) is 83.3 Å². The highest BCUT2D eigenvalue weighted by atomic mass is 17.2. The predicted molar refractivity (Wildman–Crippen MR) is 221 cm³/mol. The van der Waals surface area contributed by atoms with Gasteiger partial charge in [0.2, 0.25) is 6.10 Å². The molecule has 3 atom stereocenters. The number of piperidine rings is 1. The number of unbranched alkanes of at least 4 members (excludes halogenated alkanes) is 11. The minimum Gasteiger partial charge on any atom is -0.496 e. The molecule has 1 aromatic carbocycles. The molecule has 2 N–H and O–H groups in total. The van der Waals surface area contributed by atoms with E-state index in [1.54, 1.807) is 41.3 Å². The van der Waals surface area contributed by atoms with Crippen LogP contribution in [0.1, 0.15) is 140 Å². The highest BCUT2D eigenvalue weighted by molar-refractivity contribution is 5.98. The number of carbonyl (C=O) groups excluding carboxylic acids is 4. The van der Waals surface area contributed by atoms with Crippen molar-refractivity contribution in [1.29, 1.82) is 0 Å². The highest BCUT2D eigenvalue weighted by Crippen LogP contribution is 2.23. The number of likely N-dealkylation sites (tertiary alicyclic amines) is 1. The molecule has 320 valence electrons. The van der Waals surface area contributed by atoms with Crippen LogP contribution in [0, 0.1) is 0 Å². The van der Waals surface area contributed by atoms with Crippen LogP contribution in [0.3, 0.4) is 0 Å². The molecule has 2 aliphatic heterocycles. The number of methoxy groups -OCH3 is 2. The van der Waals surface area contributed by atoms with Crippen LogP contribution < -0.4 is 15.4 Å². The number of ether oxygens (including phenoxy) is 3. The second-order valence-corrected chi connectivity index (χ2v) is 15.0. The number of amides is 4. The number of nitrogens with one attached hydrogen (secondary N) is 2. The van der Waals surface area contributed by atoms with Crippen LogP contribution in [0.5, 0.6) is 5.75 Å². The molecule has 1 saturated heterocycles. The number of alkyl carbamates (subject to hydrolysis) is 1. The fourth-order valence-electron chi connectivity index (χ4n) is 7.28. The molecule has 1 fully saturated rings. The summed E-state index contributed by atoms with van der Waals surface area (Å²) >= 11 is 0. The second-order valence-electron chi connectivity index (χ2n) is 15.0. The number of hydrogen-bond donors (Lipinski definition) is 2. The lowest BCUT2D eigenvalue weighted by atomic mass is 10.0. The van der Waals surface area contributed by atoms with Crippen molar-refractivity contribution in [1.82, 2.24) is 20.4 Å². The molecule has 2 aliphatic rings. The number of rotatable bonds is 27. The standard InChI is InChI=1S/C44H70N4O9/c1-5-7-8-9-10-11-12-13-14-15-16-18-26-35(25-6-2)46-44(52)57-55-34-39(54-4)40(42(50)47-30-22-17-23-31-47)56-43(51)45-33-36-27-21-24-32-48(36)41(49)37-28-19-20-29-38(37)53-3/h19-21,24,27-29,35,39-40H,5-18,22-23,25-26,30-34H2,1-4H3,(H,45,51)(H,46,52)/t35?,39?,40-/m1/s1. The van der Waals surface area contributed by atoms with Gasteiger partial charge in [0.05, 0.1) is 19.2 Å². The summed E-state index contributed by atoms with van der Waals surface area (Å²) < 4.78 is 16.7. The van der Waals surface area contributed by atoms with E-state index in [0.717, 1.165) is 51.4 Å². The Balaban J connectivity index is 1.49. The molecule has 13 nitrogen and oxygen atoms in total. The largest absolute Gasteiger partial charge is 0.496 e. The quantitative estimate of drug-likeness (QED) is 0.0508. The summed E-state index contributed by atoms with van der Waals surface area (Å²) in [5.41, 5.74) is 0.908. The van der Waals surface area contributed by atoms with Gasteiger partial charge in [-0.1, -0.05) is 122 Å². The zero-order valence-corrected chi connectivity index (χ0v) is 35.1. The summed E-state index contributed by atoms with van der Waals surface area (Å²) in [5, 5.41) is 5.60. The molecule has 0 bridgehead atoms. The van der Waals surface area contributed by atoms with Gasteiger partial charge in [0.1, 0.15) is 18.5 Å². The van der Waals surface area contributed by atoms with E-state index >= 15 is 0 Å². The summed E-state index contributed by atoms with van der Waals surface area (Å²) in [4.78, 5) is 66.9. The molecular weight excluding hydrogens is 729 g/mol. The molecule has 0 radical (unpaired) electrons. The number of para-hydroxylation sites is 1. The average Bonchev–Trinajstić information content (AvgIpc) is 3.24. The maximum absolute atomic E-state index is 13.7. The number of carbonyl (C=O) groups is 4. The Bertz CT molecular complexity index is 1400. The van der Waals surface area contributed by atoms with E-state index in [0.29, 0.717) is 36.6 Å². The van der Waals surface area contributed by atoms with Gasteiger partial charge in [-0.15, -0.1) is 0 Å². The Morgan fingerprint density at radius 3 is 2.11 bits per heavy atom. The molecule has 1 aromatic rings. The predicted octanol–water partition coefficient (Wildman–Crippen LogP) is 8.63. The summed E-state index contributed by atoms with van der Waals surface area (Å²) in [6.45, 7) is 5.27. The van der Waals surface area contributed by atoms with Gasteiger partial charge in [0.25, 0.3) is 11.8 Å². The fraction of sp³-hybridized carbons (Fsp3) is 0.682. The van der Waals surface area contributed by atoms with Gasteiger partial charge in [-0.2, -0.15) is 4.89 Å². The Morgan fingerprint density at radius 1 is 0.789 bits per heavy atom. The lowest BCUT2D eigenvalue weighted by Gasteiger charge is -2.32. The molecule has 0 spiro atoms. The van der Waals surface area contributed by atoms with Gasteiger partial charge >= 0.3 is 12.2 Å². The number of hydrogen-bond acceptors (Lipinski definition) is 9. The highest BCUT2D eigenvalue weighted by Gasteiger charge is 2.37. The van der Waals surface area contributed by atoms with Crippen molar-refractivity contribution < 1.29 is 43.2 Å².